The predicted octanol–water partition coefficient (Wildman–Crippen LogP) is -1.52. The first-order chi connectivity index (χ1) is 19.8. The second kappa shape index (κ2) is 16.9. The van der Waals surface area contributed by atoms with Crippen LogP contribution in [0.4, 0.5) is 5.69 Å². The Morgan fingerprint density at radius 2 is 1.21 bits per heavy atom. The largest absolute Gasteiger partial charge is 0.480 e. The number of amides is 1. The molecule has 1 fully saturated rings. The molecule has 1 saturated heterocycles. The summed E-state index contributed by atoms with van der Waals surface area (Å²) in [5.74, 6) is -4.45. The molecule has 1 aliphatic heterocycles. The molecule has 2 rings (SSSR count). The van der Waals surface area contributed by atoms with E-state index in [9.17, 15) is 49.4 Å². The van der Waals surface area contributed by atoms with Crippen LogP contribution in [0.1, 0.15) is 6.92 Å². The van der Waals surface area contributed by atoms with Gasteiger partial charge in [-0.1, -0.05) is 0 Å². The van der Waals surface area contributed by atoms with Crippen LogP contribution in [0.25, 0.3) is 0 Å². The summed E-state index contributed by atoms with van der Waals surface area (Å²) < 4.78 is 5.10. The molecule has 1 atom stereocenters. The highest BCUT2D eigenvalue weighted by atomic mass is 16.6. The van der Waals surface area contributed by atoms with Crippen molar-refractivity contribution in [2.75, 3.05) is 78.5 Å². The van der Waals surface area contributed by atoms with Gasteiger partial charge in [0.25, 0.3) is 5.69 Å². The van der Waals surface area contributed by atoms with E-state index in [2.05, 4.69) is 5.32 Å². The van der Waals surface area contributed by atoms with Gasteiger partial charge in [0.2, 0.25) is 5.91 Å². The van der Waals surface area contributed by atoms with Crippen LogP contribution in [0.5, 0.6) is 5.75 Å². The Morgan fingerprint density at radius 1 is 0.810 bits per heavy atom. The second-order valence-electron chi connectivity index (χ2n) is 9.66. The predicted molar refractivity (Wildman–Crippen MR) is 145 cm³/mol. The molecule has 1 heterocycles. The molecule has 1 amide bonds. The number of benzene rings is 1. The van der Waals surface area contributed by atoms with Gasteiger partial charge in [-0.15, -0.1) is 0 Å². The standard InChI is InChI=1S/C25H36N6O11/c1-18(25(39)26-14-24(38)42-20-4-2-19(3-5-20)31(40)41)30-12-10-28(16-22(34)35)8-6-27(15-21(32)33)7-9-29(11-13-30)17-23(36)37/h2-5,18H,6-17H2,1H3,(H,26,39)(H,32,33)(H,34,35)(H,36,37)/t18-/m0/s1. The summed E-state index contributed by atoms with van der Waals surface area (Å²) in [5.41, 5.74) is -0.176. The quantitative estimate of drug-likeness (QED) is 0.0930. The van der Waals surface area contributed by atoms with Gasteiger partial charge in [-0.25, -0.2) is 4.79 Å². The van der Waals surface area contributed by atoms with Crippen molar-refractivity contribution in [1.82, 2.24) is 24.9 Å². The molecule has 1 aromatic carbocycles. The first kappa shape index (κ1) is 34.0. The van der Waals surface area contributed by atoms with E-state index >= 15 is 0 Å². The number of nitro benzene ring substituents is 1. The lowest BCUT2D eigenvalue weighted by Gasteiger charge is -2.35. The lowest BCUT2D eigenvalue weighted by atomic mass is 10.2. The smallest absolute Gasteiger partial charge is 0.330 e. The fourth-order valence-electron chi connectivity index (χ4n) is 4.26. The van der Waals surface area contributed by atoms with Crippen LogP contribution < -0.4 is 10.1 Å². The van der Waals surface area contributed by atoms with Gasteiger partial charge in [-0.3, -0.25) is 48.9 Å². The van der Waals surface area contributed by atoms with E-state index in [4.69, 9.17) is 4.74 Å². The van der Waals surface area contributed by atoms with E-state index < -0.39 is 47.3 Å². The molecule has 1 aromatic rings. The molecular formula is C25H36N6O11. The Kier molecular flexibility index (Phi) is 13.7. The molecule has 1 aliphatic rings. The summed E-state index contributed by atoms with van der Waals surface area (Å²) in [6, 6.07) is 4.06. The average molecular weight is 597 g/mol. The minimum Gasteiger partial charge on any atom is -0.480 e. The van der Waals surface area contributed by atoms with E-state index in [1.54, 1.807) is 26.5 Å². The van der Waals surface area contributed by atoms with Crippen molar-refractivity contribution >= 4 is 35.5 Å². The summed E-state index contributed by atoms with van der Waals surface area (Å²) in [6.07, 6.45) is 0. The normalized spacial score (nSPS) is 17.3. The molecule has 0 saturated carbocycles. The Bertz CT molecular complexity index is 1080. The third kappa shape index (κ3) is 12.5. The number of carboxylic acid groups (broad SMARTS) is 3. The molecule has 4 N–H and O–H groups in total. The van der Waals surface area contributed by atoms with E-state index in [0.29, 0.717) is 0 Å². The maximum Gasteiger partial charge on any atom is 0.330 e. The van der Waals surface area contributed by atoms with Crippen molar-refractivity contribution in [2.24, 2.45) is 0 Å². The van der Waals surface area contributed by atoms with Gasteiger partial charge in [-0.05, 0) is 19.1 Å². The number of hydrogen-bond donors (Lipinski definition) is 4. The molecule has 232 valence electrons. The maximum absolute atomic E-state index is 12.9. The summed E-state index contributed by atoms with van der Waals surface area (Å²) >= 11 is 0. The van der Waals surface area contributed by atoms with Gasteiger partial charge in [0.1, 0.15) is 12.3 Å². The van der Waals surface area contributed by atoms with Crippen molar-refractivity contribution in [3.8, 4) is 5.75 Å². The number of nitro groups is 1. The highest BCUT2D eigenvalue weighted by Gasteiger charge is 2.25. The number of nitrogens with zero attached hydrogens (tertiary/aromatic N) is 5. The van der Waals surface area contributed by atoms with E-state index in [1.807, 2.05) is 0 Å². The van der Waals surface area contributed by atoms with Crippen LogP contribution in [0, 0.1) is 10.1 Å². The summed E-state index contributed by atoms with van der Waals surface area (Å²) in [5, 5.41) is 41.2. The zero-order chi connectivity index (χ0) is 31.2. The fourth-order valence-corrected chi connectivity index (χ4v) is 4.26. The van der Waals surface area contributed by atoms with Gasteiger partial charge >= 0.3 is 23.9 Å². The molecule has 17 heteroatoms. The Morgan fingerprint density at radius 3 is 1.60 bits per heavy atom. The number of carboxylic acids is 3. The van der Waals surface area contributed by atoms with Gasteiger partial charge in [-0.2, -0.15) is 0 Å². The van der Waals surface area contributed by atoms with Crippen LogP contribution >= 0.6 is 0 Å². The zero-order valence-corrected chi connectivity index (χ0v) is 23.2. The molecule has 0 radical (unpaired) electrons. The highest BCUT2D eigenvalue weighted by Crippen LogP contribution is 2.17. The van der Waals surface area contributed by atoms with Crippen LogP contribution in [0.3, 0.4) is 0 Å². The minimum absolute atomic E-state index is 0.0647. The summed E-state index contributed by atoms with van der Waals surface area (Å²) in [7, 11) is 0. The Hall–Kier alpha value is -4.19. The average Bonchev–Trinajstić information content (AvgIpc) is 2.90. The molecular weight excluding hydrogens is 560 g/mol. The van der Waals surface area contributed by atoms with Crippen LogP contribution in [0.2, 0.25) is 0 Å². The number of rotatable bonds is 12. The van der Waals surface area contributed by atoms with Gasteiger partial charge in [0.05, 0.1) is 30.6 Å². The summed E-state index contributed by atoms with van der Waals surface area (Å²) in [6.45, 7) is 2.12. The number of hydrogen-bond acceptors (Lipinski definition) is 12. The third-order valence-corrected chi connectivity index (χ3v) is 6.56. The van der Waals surface area contributed by atoms with Crippen molar-refractivity contribution in [3.05, 3.63) is 34.4 Å². The fraction of sp³-hybridized carbons (Fsp3) is 0.560. The van der Waals surface area contributed by atoms with E-state index in [0.717, 1.165) is 0 Å². The molecule has 0 aromatic heterocycles. The van der Waals surface area contributed by atoms with Crippen molar-refractivity contribution in [1.29, 1.82) is 0 Å². The lowest BCUT2D eigenvalue weighted by Crippen LogP contribution is -2.53. The van der Waals surface area contributed by atoms with Gasteiger partial charge < -0.3 is 25.4 Å². The Labute approximate surface area is 241 Å². The van der Waals surface area contributed by atoms with Crippen molar-refractivity contribution < 1.29 is 49.0 Å². The van der Waals surface area contributed by atoms with Crippen LogP contribution in [0.15, 0.2) is 24.3 Å². The molecule has 0 bridgehead atoms. The number of ether oxygens (including phenoxy) is 1. The zero-order valence-electron chi connectivity index (χ0n) is 23.2. The van der Waals surface area contributed by atoms with Crippen LogP contribution in [-0.4, -0.2) is 154 Å². The SMILES string of the molecule is C[C@@H](C(=O)NCC(=O)Oc1ccc([N+](=O)[O-])cc1)N1CCN(CC(=O)O)CCN(CC(=O)O)CCN(CC(=O)O)CC1. The topological polar surface area (TPSA) is 223 Å². The van der Waals surface area contributed by atoms with Crippen molar-refractivity contribution in [2.45, 2.75) is 13.0 Å². The number of carbonyl (C=O) groups is 5. The first-order valence-electron chi connectivity index (χ1n) is 13.1. The number of aliphatic carboxylic acids is 3. The van der Waals surface area contributed by atoms with Crippen molar-refractivity contribution in [3.63, 3.8) is 0 Å². The molecule has 0 spiro atoms. The minimum atomic E-state index is -1.07. The third-order valence-electron chi connectivity index (χ3n) is 6.56. The Balaban J connectivity index is 2.07. The molecule has 0 unspecified atom stereocenters. The maximum atomic E-state index is 12.9. The first-order valence-corrected chi connectivity index (χ1v) is 13.1. The van der Waals surface area contributed by atoms with Crippen LogP contribution in [-0.2, 0) is 24.0 Å². The molecule has 17 nitrogen and oxygen atoms in total. The molecule has 0 aliphatic carbocycles. The number of non-ortho nitro benzene ring substituents is 1. The lowest BCUT2D eigenvalue weighted by molar-refractivity contribution is -0.384. The van der Waals surface area contributed by atoms with Gasteiger partial charge in [0.15, 0.2) is 0 Å². The van der Waals surface area contributed by atoms with E-state index in [1.165, 1.54) is 24.3 Å². The second-order valence-corrected chi connectivity index (χ2v) is 9.66. The monoisotopic (exact) mass is 596 g/mol. The van der Waals surface area contributed by atoms with E-state index in [-0.39, 0.29) is 83.4 Å². The summed E-state index contributed by atoms with van der Waals surface area (Å²) in [4.78, 5) is 76.1. The molecule has 42 heavy (non-hydrogen) atoms. The highest BCUT2D eigenvalue weighted by molar-refractivity contribution is 5.86. The number of nitrogens with one attached hydrogen (secondary N) is 1. The van der Waals surface area contributed by atoms with Gasteiger partial charge in [0, 0.05) is 64.5 Å². The number of esters is 1. The number of carbonyl (C=O) groups excluding carboxylic acids is 2.